The molecule has 3 rings (SSSR count). The lowest BCUT2D eigenvalue weighted by Crippen LogP contribution is -2.24. The van der Waals surface area contributed by atoms with Gasteiger partial charge in [0.2, 0.25) is 0 Å². The van der Waals surface area contributed by atoms with E-state index in [9.17, 15) is 4.79 Å². The first-order chi connectivity index (χ1) is 13.3. The van der Waals surface area contributed by atoms with Crippen LogP contribution in [0.5, 0.6) is 0 Å². The summed E-state index contributed by atoms with van der Waals surface area (Å²) in [7, 11) is 4.88. The van der Waals surface area contributed by atoms with Crippen LogP contribution in [0.15, 0.2) is 18.3 Å². The Kier molecular flexibility index (Phi) is 7.24. The molecule has 0 aliphatic heterocycles. The van der Waals surface area contributed by atoms with Crippen LogP contribution in [0, 0.1) is 5.82 Å². The predicted molar refractivity (Wildman–Crippen MR) is 115 cm³/mol. The van der Waals surface area contributed by atoms with Gasteiger partial charge in [0.1, 0.15) is 11.6 Å². The lowest BCUT2D eigenvalue weighted by Gasteiger charge is -2.17. The fourth-order valence-electron chi connectivity index (χ4n) is 2.88. The van der Waals surface area contributed by atoms with Crippen molar-refractivity contribution in [1.29, 1.82) is 0 Å². The molecule has 0 atom stereocenters. The molecular formula is C21H28ClFN4O. The Morgan fingerprint density at radius 3 is 2.43 bits per heavy atom. The third-order valence-electron chi connectivity index (χ3n) is 4.36. The van der Waals surface area contributed by atoms with E-state index in [4.69, 9.17) is 17.3 Å². The number of nitrogens with two attached hydrogens (primary N) is 1. The van der Waals surface area contributed by atoms with Gasteiger partial charge in [-0.2, -0.15) is 0 Å². The van der Waals surface area contributed by atoms with Crippen molar-refractivity contribution in [2.75, 3.05) is 32.2 Å². The van der Waals surface area contributed by atoms with Crippen LogP contribution in [-0.2, 0) is 0 Å². The van der Waals surface area contributed by atoms with Gasteiger partial charge in [-0.15, -0.1) is 0 Å². The van der Waals surface area contributed by atoms with Crippen molar-refractivity contribution in [1.82, 2.24) is 9.88 Å². The van der Waals surface area contributed by atoms with Crippen molar-refractivity contribution in [3.8, 4) is 11.1 Å². The fourth-order valence-corrected chi connectivity index (χ4v) is 3.27. The number of aromatic nitrogens is 1. The van der Waals surface area contributed by atoms with Crippen molar-refractivity contribution >= 4 is 29.0 Å². The highest BCUT2D eigenvalue weighted by molar-refractivity contribution is 6.34. The van der Waals surface area contributed by atoms with Crippen molar-refractivity contribution in [3.05, 3.63) is 40.3 Å². The van der Waals surface area contributed by atoms with Gasteiger partial charge >= 0.3 is 0 Å². The molecule has 7 heteroatoms. The Morgan fingerprint density at radius 1 is 1.32 bits per heavy atom. The molecule has 1 amide bonds. The summed E-state index contributed by atoms with van der Waals surface area (Å²) in [4.78, 5) is 18.0. The fraction of sp³-hybridized carbons (Fsp3) is 0.429. The van der Waals surface area contributed by atoms with Gasteiger partial charge in [-0.3, -0.25) is 4.79 Å². The largest absolute Gasteiger partial charge is 0.398 e. The van der Waals surface area contributed by atoms with Gasteiger partial charge in [-0.1, -0.05) is 31.9 Å². The topological polar surface area (TPSA) is 71.2 Å². The van der Waals surface area contributed by atoms with E-state index in [0.29, 0.717) is 22.3 Å². The number of nitrogens with zero attached hydrogens (tertiary/aromatic N) is 2. The minimum Gasteiger partial charge on any atom is -0.398 e. The highest BCUT2D eigenvalue weighted by Crippen LogP contribution is 2.48. The normalized spacial score (nSPS) is 12.8. The Labute approximate surface area is 171 Å². The van der Waals surface area contributed by atoms with Crippen LogP contribution in [0.4, 0.5) is 15.9 Å². The summed E-state index contributed by atoms with van der Waals surface area (Å²) in [6, 6.07) is 3.06. The second-order valence-electron chi connectivity index (χ2n) is 7.07. The molecule has 3 N–H and O–H groups in total. The number of carbonyl (C=O) groups excluding carboxylic acids is 1. The number of amides is 1. The van der Waals surface area contributed by atoms with Crippen LogP contribution in [0.1, 0.15) is 54.9 Å². The number of hydrogen-bond donors (Lipinski definition) is 2. The number of rotatable bonds is 4. The Bertz CT molecular complexity index is 866. The zero-order valence-electron chi connectivity index (χ0n) is 17.1. The van der Waals surface area contributed by atoms with Gasteiger partial charge in [-0.05, 0) is 30.9 Å². The molecule has 152 valence electrons. The molecule has 0 spiro atoms. The maximum atomic E-state index is 15.1. The third-order valence-corrected chi connectivity index (χ3v) is 4.76. The van der Waals surface area contributed by atoms with E-state index in [1.54, 1.807) is 21.1 Å². The summed E-state index contributed by atoms with van der Waals surface area (Å²) < 4.78 is 15.1. The minimum atomic E-state index is -0.679. The number of pyridine rings is 1. The number of hydrogen-bond acceptors (Lipinski definition) is 4. The molecule has 1 aliphatic rings. The van der Waals surface area contributed by atoms with Crippen LogP contribution in [0.2, 0.25) is 5.02 Å². The van der Waals surface area contributed by atoms with Crippen molar-refractivity contribution < 1.29 is 9.18 Å². The number of carbonyl (C=O) groups is 1. The Balaban J connectivity index is 0.000000878. The Morgan fingerprint density at radius 2 is 1.93 bits per heavy atom. The number of nitrogens with one attached hydrogen (secondary N) is 1. The summed E-state index contributed by atoms with van der Waals surface area (Å²) in [6.45, 7) is 4.25. The molecule has 2 aromatic rings. The van der Waals surface area contributed by atoms with Crippen molar-refractivity contribution in [3.63, 3.8) is 0 Å². The van der Waals surface area contributed by atoms with Gasteiger partial charge < -0.3 is 16.0 Å². The quantitative estimate of drug-likeness (QED) is 0.688. The second-order valence-corrected chi connectivity index (χ2v) is 7.45. The van der Waals surface area contributed by atoms with E-state index >= 15 is 4.39 Å². The average molecular weight is 407 g/mol. The van der Waals surface area contributed by atoms with E-state index in [0.717, 1.165) is 18.4 Å². The van der Waals surface area contributed by atoms with Crippen LogP contribution in [-0.4, -0.2) is 36.9 Å². The van der Waals surface area contributed by atoms with Crippen molar-refractivity contribution in [2.24, 2.45) is 0 Å². The molecule has 1 aromatic heterocycles. The zero-order chi connectivity index (χ0) is 21.0. The molecule has 1 heterocycles. The molecule has 0 unspecified atom stereocenters. The third kappa shape index (κ3) is 4.38. The first-order valence-electron chi connectivity index (χ1n) is 9.44. The maximum absolute atomic E-state index is 15.1. The summed E-state index contributed by atoms with van der Waals surface area (Å²) in [6.07, 6.45) is 4.85. The highest BCUT2D eigenvalue weighted by Gasteiger charge is 2.31. The summed E-state index contributed by atoms with van der Waals surface area (Å²) >= 11 is 6.60. The van der Waals surface area contributed by atoms with E-state index < -0.39 is 11.7 Å². The zero-order valence-corrected chi connectivity index (χ0v) is 17.8. The summed E-state index contributed by atoms with van der Waals surface area (Å²) in [5.41, 5.74) is 7.37. The monoisotopic (exact) mass is 406 g/mol. The maximum Gasteiger partial charge on any atom is 0.258 e. The van der Waals surface area contributed by atoms with E-state index in [1.807, 2.05) is 0 Å². The molecule has 28 heavy (non-hydrogen) atoms. The first-order valence-corrected chi connectivity index (χ1v) is 9.82. The average Bonchev–Trinajstić information content (AvgIpc) is 3.47. The van der Waals surface area contributed by atoms with Crippen LogP contribution < -0.4 is 11.1 Å². The number of benzene rings is 1. The molecule has 1 aliphatic carbocycles. The van der Waals surface area contributed by atoms with Crippen LogP contribution in [0.25, 0.3) is 11.1 Å². The second kappa shape index (κ2) is 9.24. The molecule has 5 nitrogen and oxygen atoms in total. The molecule has 1 fully saturated rings. The molecule has 1 saturated carbocycles. The number of halogens is 2. The van der Waals surface area contributed by atoms with E-state index in [-0.39, 0.29) is 16.8 Å². The van der Waals surface area contributed by atoms with Crippen molar-refractivity contribution in [2.45, 2.75) is 39.0 Å². The minimum absolute atomic E-state index is 0.0956. The summed E-state index contributed by atoms with van der Waals surface area (Å²) in [5.74, 6) is -0.129. The number of nitrogen functional groups attached to an aromatic ring is 1. The van der Waals surface area contributed by atoms with Gasteiger partial charge in [0.05, 0.1) is 10.6 Å². The van der Waals surface area contributed by atoms with Gasteiger partial charge in [0, 0.05) is 49.7 Å². The van der Waals surface area contributed by atoms with Gasteiger partial charge in [-0.25, -0.2) is 9.37 Å². The van der Waals surface area contributed by atoms with Gasteiger partial charge in [0.15, 0.2) is 0 Å². The lowest BCUT2D eigenvalue weighted by atomic mass is 9.98. The molecule has 0 radical (unpaired) electrons. The van der Waals surface area contributed by atoms with Crippen LogP contribution >= 0.6 is 11.6 Å². The summed E-state index contributed by atoms with van der Waals surface area (Å²) in [5, 5.41) is 3.50. The van der Waals surface area contributed by atoms with E-state index in [2.05, 4.69) is 24.1 Å². The first kappa shape index (κ1) is 22.0. The smallest absolute Gasteiger partial charge is 0.258 e. The number of anilines is 2. The van der Waals surface area contributed by atoms with E-state index in [1.165, 1.54) is 29.7 Å². The van der Waals surface area contributed by atoms with Gasteiger partial charge in [0.25, 0.3) is 5.91 Å². The molecule has 1 aromatic carbocycles. The molecule has 0 bridgehead atoms. The van der Waals surface area contributed by atoms with Crippen LogP contribution in [0.3, 0.4) is 0 Å². The lowest BCUT2D eigenvalue weighted by molar-refractivity contribution is 0.0824. The molecule has 0 saturated heterocycles. The standard InChI is InChI=1S/C18H20ClFN4O.C3H8/c1-22-17-13(9-4-5-9)15(19)11(8-23-17)10-6-7-12(21)14(16(10)20)18(25)24(2)3;1-3-2/h6-9H,4-5,21H2,1-3H3,(H,22,23);3H2,1-2H3. The molecular weight excluding hydrogens is 379 g/mol. The Hall–Kier alpha value is -2.34. The SMILES string of the molecule is CCC.CNc1ncc(-c2ccc(N)c(C(=O)N(C)C)c2F)c(Cl)c1C1CC1. The highest BCUT2D eigenvalue weighted by atomic mass is 35.5. The predicted octanol–water partition coefficient (Wildman–Crippen LogP) is 5.16.